The zero-order chi connectivity index (χ0) is 10.7. The highest BCUT2D eigenvalue weighted by atomic mass is 15.3. The maximum atomic E-state index is 5.88. The van der Waals surface area contributed by atoms with E-state index in [9.17, 15) is 0 Å². The fourth-order valence-electron chi connectivity index (χ4n) is 2.26. The first-order valence-corrected chi connectivity index (χ1v) is 5.84. The van der Waals surface area contributed by atoms with Gasteiger partial charge in [-0.1, -0.05) is 12.8 Å². The van der Waals surface area contributed by atoms with E-state index in [1.807, 2.05) is 4.68 Å². The van der Waals surface area contributed by atoms with Gasteiger partial charge in [0.1, 0.15) is 0 Å². The molecule has 4 nitrogen and oxygen atoms in total. The van der Waals surface area contributed by atoms with Crippen molar-refractivity contribution in [2.24, 2.45) is 0 Å². The maximum absolute atomic E-state index is 5.88. The Morgan fingerprint density at radius 1 is 1.53 bits per heavy atom. The lowest BCUT2D eigenvalue weighted by molar-refractivity contribution is 0.499. The van der Waals surface area contributed by atoms with Crippen LogP contribution in [0, 0.1) is 0 Å². The highest BCUT2D eigenvalue weighted by Crippen LogP contribution is 2.19. The van der Waals surface area contributed by atoms with Crippen molar-refractivity contribution in [3.05, 3.63) is 11.9 Å². The van der Waals surface area contributed by atoms with Gasteiger partial charge < -0.3 is 11.1 Å². The van der Waals surface area contributed by atoms with Crippen molar-refractivity contribution in [3.63, 3.8) is 0 Å². The number of nitrogen functional groups attached to an aromatic ring is 1. The Kier molecular flexibility index (Phi) is 3.26. The summed E-state index contributed by atoms with van der Waals surface area (Å²) in [5.74, 6) is 0. The highest BCUT2D eigenvalue weighted by Gasteiger charge is 2.15. The first kappa shape index (κ1) is 10.5. The van der Waals surface area contributed by atoms with Gasteiger partial charge in [-0.2, -0.15) is 5.10 Å². The van der Waals surface area contributed by atoms with Crippen molar-refractivity contribution in [2.75, 3.05) is 5.73 Å². The fourth-order valence-corrected chi connectivity index (χ4v) is 2.26. The summed E-state index contributed by atoms with van der Waals surface area (Å²) in [5.41, 5.74) is 7.82. The highest BCUT2D eigenvalue weighted by molar-refractivity contribution is 5.40. The molecule has 1 aliphatic rings. The molecule has 1 aromatic heterocycles. The molecule has 0 amide bonds. The van der Waals surface area contributed by atoms with Gasteiger partial charge in [-0.25, -0.2) is 0 Å². The molecule has 1 fully saturated rings. The van der Waals surface area contributed by atoms with Crippen molar-refractivity contribution in [1.82, 2.24) is 15.1 Å². The van der Waals surface area contributed by atoms with Gasteiger partial charge in [0.15, 0.2) is 0 Å². The molecule has 15 heavy (non-hydrogen) atoms. The summed E-state index contributed by atoms with van der Waals surface area (Å²) in [6.07, 6.45) is 7.08. The van der Waals surface area contributed by atoms with E-state index >= 15 is 0 Å². The number of rotatable bonds is 4. The van der Waals surface area contributed by atoms with E-state index in [1.165, 1.54) is 25.7 Å². The van der Waals surface area contributed by atoms with Gasteiger partial charge >= 0.3 is 0 Å². The first-order chi connectivity index (χ1) is 7.31. The Hall–Kier alpha value is -1.03. The Morgan fingerprint density at radius 3 is 2.93 bits per heavy atom. The Labute approximate surface area is 90.8 Å². The van der Waals surface area contributed by atoms with E-state index in [-0.39, 0.29) is 0 Å². The SMILES string of the molecule is CCn1ncc(N)c1CNC1CCCC1. The average Bonchev–Trinajstić information content (AvgIpc) is 2.84. The molecule has 0 bridgehead atoms. The number of aromatic nitrogens is 2. The predicted molar refractivity (Wildman–Crippen MR) is 61.4 cm³/mol. The van der Waals surface area contributed by atoms with E-state index < -0.39 is 0 Å². The molecule has 1 aliphatic carbocycles. The smallest absolute Gasteiger partial charge is 0.0751 e. The third kappa shape index (κ3) is 2.31. The quantitative estimate of drug-likeness (QED) is 0.788. The van der Waals surface area contributed by atoms with E-state index in [1.54, 1.807) is 6.20 Å². The third-order valence-corrected chi connectivity index (χ3v) is 3.19. The summed E-state index contributed by atoms with van der Waals surface area (Å²) in [5, 5.41) is 7.79. The molecular weight excluding hydrogens is 188 g/mol. The lowest BCUT2D eigenvalue weighted by Crippen LogP contribution is -2.27. The molecule has 0 atom stereocenters. The molecule has 0 radical (unpaired) electrons. The van der Waals surface area contributed by atoms with E-state index in [4.69, 9.17) is 5.73 Å². The number of hydrogen-bond donors (Lipinski definition) is 2. The van der Waals surface area contributed by atoms with Crippen LogP contribution in [0.1, 0.15) is 38.3 Å². The monoisotopic (exact) mass is 208 g/mol. The van der Waals surface area contributed by atoms with Crippen LogP contribution in [0.5, 0.6) is 0 Å². The number of nitrogens with one attached hydrogen (secondary N) is 1. The van der Waals surface area contributed by atoms with E-state index in [0.717, 1.165) is 24.5 Å². The number of anilines is 1. The van der Waals surface area contributed by atoms with Crippen molar-refractivity contribution < 1.29 is 0 Å². The second-order valence-corrected chi connectivity index (χ2v) is 4.22. The van der Waals surface area contributed by atoms with Crippen LogP contribution in [-0.2, 0) is 13.1 Å². The summed E-state index contributed by atoms with van der Waals surface area (Å²) in [7, 11) is 0. The molecule has 4 heteroatoms. The fraction of sp³-hybridized carbons (Fsp3) is 0.727. The largest absolute Gasteiger partial charge is 0.396 e. The van der Waals surface area contributed by atoms with Crippen LogP contribution in [-0.4, -0.2) is 15.8 Å². The summed E-state index contributed by atoms with van der Waals surface area (Å²) >= 11 is 0. The second-order valence-electron chi connectivity index (χ2n) is 4.22. The van der Waals surface area contributed by atoms with Crippen LogP contribution in [0.3, 0.4) is 0 Å². The lowest BCUT2D eigenvalue weighted by Gasteiger charge is -2.13. The van der Waals surface area contributed by atoms with Gasteiger partial charge in [-0.15, -0.1) is 0 Å². The van der Waals surface area contributed by atoms with E-state index in [0.29, 0.717) is 6.04 Å². The Balaban J connectivity index is 1.94. The number of nitrogens with zero attached hydrogens (tertiary/aromatic N) is 2. The normalized spacial score (nSPS) is 17.4. The van der Waals surface area contributed by atoms with Gasteiger partial charge in [0.05, 0.1) is 17.6 Å². The number of aryl methyl sites for hydroxylation is 1. The molecule has 84 valence electrons. The van der Waals surface area contributed by atoms with Crippen molar-refractivity contribution >= 4 is 5.69 Å². The first-order valence-electron chi connectivity index (χ1n) is 5.84. The van der Waals surface area contributed by atoms with Crippen molar-refractivity contribution in [1.29, 1.82) is 0 Å². The van der Waals surface area contributed by atoms with Gasteiger partial charge in [0, 0.05) is 19.1 Å². The predicted octanol–water partition coefficient (Wildman–Crippen LogP) is 1.52. The van der Waals surface area contributed by atoms with Crippen LogP contribution in [0.2, 0.25) is 0 Å². The standard InChI is InChI=1S/C11H20N4/c1-2-15-11(10(12)7-14-15)8-13-9-5-3-4-6-9/h7,9,13H,2-6,8,12H2,1H3. The minimum atomic E-state index is 0.685. The Bertz CT molecular complexity index is 312. The molecule has 2 rings (SSSR count). The number of nitrogens with two attached hydrogens (primary N) is 1. The van der Waals surface area contributed by atoms with E-state index in [2.05, 4.69) is 17.3 Å². The summed E-state index contributed by atoms with van der Waals surface area (Å²) in [6.45, 7) is 3.83. The van der Waals surface area contributed by atoms with Gasteiger partial charge in [-0.05, 0) is 19.8 Å². The third-order valence-electron chi connectivity index (χ3n) is 3.19. The van der Waals surface area contributed by atoms with Crippen LogP contribution in [0.15, 0.2) is 6.20 Å². The molecular formula is C11H20N4. The van der Waals surface area contributed by atoms with Gasteiger partial charge in [0.25, 0.3) is 0 Å². The summed E-state index contributed by atoms with van der Waals surface area (Å²) in [6, 6.07) is 0.685. The molecule has 1 aromatic rings. The van der Waals surface area contributed by atoms with Crippen LogP contribution >= 0.6 is 0 Å². The average molecular weight is 208 g/mol. The van der Waals surface area contributed by atoms with Gasteiger partial charge in [0.2, 0.25) is 0 Å². The molecule has 0 unspecified atom stereocenters. The van der Waals surface area contributed by atoms with Crippen LogP contribution in [0.25, 0.3) is 0 Å². The molecule has 0 saturated heterocycles. The van der Waals surface area contributed by atoms with Crippen molar-refractivity contribution in [2.45, 2.75) is 51.7 Å². The van der Waals surface area contributed by atoms with Crippen molar-refractivity contribution in [3.8, 4) is 0 Å². The summed E-state index contributed by atoms with van der Waals surface area (Å²) in [4.78, 5) is 0. The molecule has 0 aliphatic heterocycles. The zero-order valence-corrected chi connectivity index (χ0v) is 9.37. The second kappa shape index (κ2) is 4.66. The van der Waals surface area contributed by atoms with Crippen LogP contribution < -0.4 is 11.1 Å². The zero-order valence-electron chi connectivity index (χ0n) is 9.37. The maximum Gasteiger partial charge on any atom is 0.0751 e. The molecule has 1 saturated carbocycles. The molecule has 0 spiro atoms. The number of hydrogen-bond acceptors (Lipinski definition) is 3. The minimum absolute atomic E-state index is 0.685. The molecule has 0 aromatic carbocycles. The topological polar surface area (TPSA) is 55.9 Å². The van der Waals surface area contributed by atoms with Gasteiger partial charge in [-0.3, -0.25) is 4.68 Å². The molecule has 1 heterocycles. The summed E-state index contributed by atoms with van der Waals surface area (Å²) < 4.78 is 1.97. The van der Waals surface area contributed by atoms with Crippen LogP contribution in [0.4, 0.5) is 5.69 Å². The minimum Gasteiger partial charge on any atom is -0.396 e. The molecule has 3 N–H and O–H groups in total. The lowest BCUT2D eigenvalue weighted by atomic mass is 10.2. The Morgan fingerprint density at radius 2 is 2.27 bits per heavy atom.